The molecular weight excluding hydrogens is 454 g/mol. The molecule has 1 saturated heterocycles. The number of ether oxygens (including phenoxy) is 1. The monoisotopic (exact) mass is 483 g/mol. The van der Waals surface area contributed by atoms with Crippen molar-refractivity contribution in [2.24, 2.45) is 4.99 Å². The highest BCUT2D eigenvalue weighted by atomic mass is 32.2. The lowest BCUT2D eigenvalue weighted by Crippen LogP contribution is -2.45. The third-order valence-electron chi connectivity index (χ3n) is 5.76. The molecule has 2 aromatic rings. The van der Waals surface area contributed by atoms with E-state index in [0.29, 0.717) is 17.5 Å². The van der Waals surface area contributed by atoms with Gasteiger partial charge in [-0.15, -0.1) is 0 Å². The highest BCUT2D eigenvalue weighted by Gasteiger charge is 2.24. The molecule has 0 amide bonds. The van der Waals surface area contributed by atoms with Crippen molar-refractivity contribution in [3.8, 4) is 5.75 Å². The van der Waals surface area contributed by atoms with Crippen LogP contribution in [0.1, 0.15) is 25.7 Å². The highest BCUT2D eigenvalue weighted by Crippen LogP contribution is 2.26. The van der Waals surface area contributed by atoms with E-state index in [1.54, 1.807) is 0 Å². The molecule has 2 aromatic carbocycles. The number of halogens is 4. The van der Waals surface area contributed by atoms with Crippen molar-refractivity contribution < 1.29 is 22.3 Å². The van der Waals surface area contributed by atoms with Crippen LogP contribution in [0.2, 0.25) is 0 Å². The number of likely N-dealkylation sites (tertiary alicyclic amines) is 1. The average molecular weight is 484 g/mol. The summed E-state index contributed by atoms with van der Waals surface area (Å²) in [6.45, 7) is 3.23. The van der Waals surface area contributed by atoms with Gasteiger partial charge in [-0.2, -0.15) is 0 Å². The van der Waals surface area contributed by atoms with Crippen LogP contribution < -0.4 is 4.74 Å². The van der Waals surface area contributed by atoms with Crippen LogP contribution >= 0.6 is 11.8 Å². The Bertz CT molecular complexity index is 931. The summed E-state index contributed by atoms with van der Waals surface area (Å²) in [5.41, 5.74) is -0.253. The Hall–Kier alpha value is -2.26. The molecule has 1 fully saturated rings. The van der Waals surface area contributed by atoms with Crippen LogP contribution in [-0.2, 0) is 0 Å². The fourth-order valence-electron chi connectivity index (χ4n) is 3.84. The van der Waals surface area contributed by atoms with Gasteiger partial charge in [0.05, 0.1) is 6.61 Å². The van der Waals surface area contributed by atoms with Gasteiger partial charge in [-0.25, -0.2) is 22.6 Å². The molecule has 0 atom stereocenters. The molecule has 4 nitrogen and oxygen atoms in total. The second-order valence-corrected chi connectivity index (χ2v) is 8.76. The van der Waals surface area contributed by atoms with Crippen LogP contribution in [0.25, 0.3) is 0 Å². The largest absolute Gasteiger partial charge is 0.493 e. The molecule has 0 aliphatic carbocycles. The topological polar surface area (TPSA) is 28.1 Å². The van der Waals surface area contributed by atoms with Gasteiger partial charge in [-0.1, -0.05) is 17.8 Å². The van der Waals surface area contributed by atoms with Crippen LogP contribution in [0, 0.1) is 23.3 Å². The lowest BCUT2D eigenvalue weighted by atomic mass is 10.0. The smallest absolute Gasteiger partial charge is 0.164 e. The minimum atomic E-state index is -0.908. The van der Waals surface area contributed by atoms with Crippen LogP contribution in [0.5, 0.6) is 5.75 Å². The molecule has 1 aliphatic rings. The van der Waals surface area contributed by atoms with Crippen LogP contribution in [0.3, 0.4) is 0 Å². The van der Waals surface area contributed by atoms with Crippen molar-refractivity contribution in [3.63, 3.8) is 0 Å². The fraction of sp³-hybridized carbons (Fsp3) is 0.458. The Balaban J connectivity index is 1.41. The zero-order valence-electron chi connectivity index (χ0n) is 18.9. The van der Waals surface area contributed by atoms with Crippen molar-refractivity contribution in [1.29, 1.82) is 0 Å². The summed E-state index contributed by atoms with van der Waals surface area (Å²) in [5, 5.41) is 0.590. The molecule has 0 radical (unpaired) electrons. The Morgan fingerprint density at radius 3 is 2.36 bits per heavy atom. The standard InChI is InChI=1S/C24H29F4N3OS/c1-30(24(33-2)29-23-20(26)6-5-7-21(23)27)17-10-13-31(14-11-17)12-3-4-15-32-18-8-9-19(25)22(28)16-18/h5-9,16-17H,3-4,10-15H2,1-2H3. The van der Waals surface area contributed by atoms with E-state index >= 15 is 0 Å². The van der Waals surface area contributed by atoms with Crippen molar-refractivity contribution in [3.05, 3.63) is 59.7 Å². The molecule has 9 heteroatoms. The molecule has 0 unspecified atom stereocenters. The zero-order valence-corrected chi connectivity index (χ0v) is 19.7. The van der Waals surface area contributed by atoms with E-state index in [1.807, 2.05) is 18.2 Å². The average Bonchev–Trinajstić information content (AvgIpc) is 2.81. The van der Waals surface area contributed by atoms with Crippen molar-refractivity contribution >= 4 is 22.6 Å². The van der Waals surface area contributed by atoms with E-state index in [9.17, 15) is 17.6 Å². The van der Waals surface area contributed by atoms with E-state index in [1.165, 1.54) is 36.0 Å². The van der Waals surface area contributed by atoms with Gasteiger partial charge in [0.2, 0.25) is 0 Å². The fourth-order valence-corrected chi connectivity index (χ4v) is 4.46. The van der Waals surface area contributed by atoms with E-state index < -0.39 is 23.3 Å². The molecule has 180 valence electrons. The molecule has 0 bridgehead atoms. The number of nitrogens with zero attached hydrogens (tertiary/aromatic N) is 3. The van der Waals surface area contributed by atoms with Gasteiger partial charge in [0.15, 0.2) is 28.4 Å². The summed E-state index contributed by atoms with van der Waals surface area (Å²) in [6, 6.07) is 7.54. The van der Waals surface area contributed by atoms with Crippen molar-refractivity contribution in [2.75, 3.05) is 39.5 Å². The second-order valence-electron chi connectivity index (χ2n) is 7.98. The first-order valence-electron chi connectivity index (χ1n) is 11.0. The minimum Gasteiger partial charge on any atom is -0.493 e. The summed E-state index contributed by atoms with van der Waals surface area (Å²) < 4.78 is 59.6. The van der Waals surface area contributed by atoms with Gasteiger partial charge in [0.25, 0.3) is 0 Å². The minimum absolute atomic E-state index is 0.249. The number of hydrogen-bond acceptors (Lipinski definition) is 4. The Morgan fingerprint density at radius 1 is 1.03 bits per heavy atom. The van der Waals surface area contributed by atoms with Gasteiger partial charge in [0, 0.05) is 32.2 Å². The van der Waals surface area contributed by atoms with Crippen molar-refractivity contribution in [2.45, 2.75) is 31.7 Å². The molecule has 0 aromatic heterocycles. The van der Waals surface area contributed by atoms with Gasteiger partial charge >= 0.3 is 0 Å². The number of unbranched alkanes of at least 4 members (excludes halogenated alkanes) is 1. The summed E-state index contributed by atoms with van der Waals surface area (Å²) in [5.74, 6) is -2.79. The highest BCUT2D eigenvalue weighted by molar-refractivity contribution is 8.13. The van der Waals surface area contributed by atoms with Gasteiger partial charge < -0.3 is 14.5 Å². The number of benzene rings is 2. The van der Waals surface area contributed by atoms with E-state index in [0.717, 1.165) is 57.5 Å². The van der Waals surface area contributed by atoms with Crippen molar-refractivity contribution in [1.82, 2.24) is 9.80 Å². The Labute approximate surface area is 196 Å². The van der Waals surface area contributed by atoms with Crippen LogP contribution in [-0.4, -0.2) is 60.6 Å². The zero-order chi connectivity index (χ0) is 23.8. The SMILES string of the molecule is CSC(=Nc1c(F)cccc1F)N(C)C1CCN(CCCCOc2ccc(F)c(F)c2)CC1. The molecule has 33 heavy (non-hydrogen) atoms. The first-order chi connectivity index (χ1) is 15.9. The third kappa shape index (κ3) is 7.11. The number of rotatable bonds is 8. The molecule has 3 rings (SSSR count). The number of piperidine rings is 1. The summed E-state index contributed by atoms with van der Waals surface area (Å²) >= 11 is 1.37. The number of hydrogen-bond donors (Lipinski definition) is 0. The number of amidine groups is 1. The number of thioether (sulfide) groups is 1. The maximum atomic E-state index is 14.0. The maximum absolute atomic E-state index is 14.0. The third-order valence-corrected chi connectivity index (χ3v) is 6.51. The summed E-state index contributed by atoms with van der Waals surface area (Å²) in [6.07, 6.45) is 5.47. The normalized spacial score (nSPS) is 15.6. The summed E-state index contributed by atoms with van der Waals surface area (Å²) in [4.78, 5) is 8.66. The van der Waals surface area contributed by atoms with E-state index in [4.69, 9.17) is 4.74 Å². The first-order valence-corrected chi connectivity index (χ1v) is 12.2. The van der Waals surface area contributed by atoms with Crippen LogP contribution in [0.4, 0.5) is 23.2 Å². The molecule has 1 heterocycles. The molecule has 0 spiro atoms. The molecule has 0 N–H and O–H groups in total. The van der Waals surface area contributed by atoms with Gasteiger partial charge in [-0.05, 0) is 62.7 Å². The lowest BCUT2D eigenvalue weighted by molar-refractivity contribution is 0.162. The van der Waals surface area contributed by atoms with Crippen LogP contribution in [0.15, 0.2) is 41.4 Å². The quantitative estimate of drug-likeness (QED) is 0.204. The predicted octanol–water partition coefficient (Wildman–Crippen LogP) is 5.85. The Morgan fingerprint density at radius 2 is 1.73 bits per heavy atom. The first kappa shape index (κ1) is 25.4. The number of aliphatic imine (C=N–C) groups is 1. The van der Waals surface area contributed by atoms with E-state index in [2.05, 4.69) is 9.89 Å². The second kappa shape index (κ2) is 12.3. The predicted molar refractivity (Wildman–Crippen MR) is 125 cm³/mol. The molecule has 1 aliphatic heterocycles. The van der Waals surface area contributed by atoms with Gasteiger partial charge in [0.1, 0.15) is 11.4 Å². The van der Waals surface area contributed by atoms with Gasteiger partial charge in [-0.3, -0.25) is 0 Å². The lowest BCUT2D eigenvalue weighted by Gasteiger charge is -2.37. The number of para-hydroxylation sites is 1. The Kier molecular flexibility index (Phi) is 9.43. The maximum Gasteiger partial charge on any atom is 0.164 e. The molecular formula is C24H29F4N3OS. The molecule has 0 saturated carbocycles. The van der Waals surface area contributed by atoms with E-state index in [-0.39, 0.29) is 11.7 Å². The summed E-state index contributed by atoms with van der Waals surface area (Å²) in [7, 11) is 1.92.